The summed E-state index contributed by atoms with van der Waals surface area (Å²) < 4.78 is 59.5. The third-order valence-electron chi connectivity index (χ3n) is 5.35. The van der Waals surface area contributed by atoms with E-state index >= 15 is 0 Å². The van der Waals surface area contributed by atoms with Crippen LogP contribution in [0.3, 0.4) is 0 Å². The molecule has 0 aromatic rings. The van der Waals surface area contributed by atoms with Crippen molar-refractivity contribution in [2.45, 2.75) is 32.1 Å². The molecule has 0 saturated heterocycles. The van der Waals surface area contributed by atoms with E-state index in [1.54, 1.807) is 0 Å². The molecular formula is C29H57ClO13. The van der Waals surface area contributed by atoms with Crippen LogP contribution >= 0.6 is 11.6 Å². The molecule has 0 amide bonds. The average Bonchev–Trinajstić information content (AvgIpc) is 3.00. The van der Waals surface area contributed by atoms with Gasteiger partial charge in [0, 0.05) is 12.5 Å². The molecule has 43 heavy (non-hydrogen) atoms. The number of carbonyl (C=O) groups is 1. The highest BCUT2D eigenvalue weighted by Gasteiger charge is 1.98. The van der Waals surface area contributed by atoms with Gasteiger partial charge in [-0.1, -0.05) is 12.8 Å². The number of carboxylic acids is 1. The SMILES string of the molecule is O=C(O)CCOCCOCCOCCOCCOCCOCCOCCOCCOCCOCCOCCCCCCCl. The molecule has 13 nitrogen and oxygen atoms in total. The van der Waals surface area contributed by atoms with Gasteiger partial charge in [0.25, 0.3) is 0 Å². The fourth-order valence-electron chi connectivity index (χ4n) is 3.11. The Hall–Kier alpha value is -0.680. The Labute approximate surface area is 262 Å². The first-order valence-corrected chi connectivity index (χ1v) is 15.9. The van der Waals surface area contributed by atoms with E-state index in [9.17, 15) is 4.79 Å². The van der Waals surface area contributed by atoms with E-state index in [1.165, 1.54) is 6.42 Å². The highest BCUT2D eigenvalue weighted by atomic mass is 35.5. The molecule has 0 radical (unpaired) electrons. The Morgan fingerprint density at radius 3 is 0.837 bits per heavy atom. The minimum Gasteiger partial charge on any atom is -0.481 e. The zero-order valence-electron chi connectivity index (χ0n) is 26.0. The first kappa shape index (κ1) is 42.3. The second-order valence-electron chi connectivity index (χ2n) is 8.98. The van der Waals surface area contributed by atoms with Crippen molar-refractivity contribution in [1.29, 1.82) is 0 Å². The lowest BCUT2D eigenvalue weighted by molar-refractivity contribution is -0.138. The summed E-state index contributed by atoms with van der Waals surface area (Å²) >= 11 is 5.65. The summed E-state index contributed by atoms with van der Waals surface area (Å²) in [5.41, 5.74) is 0. The maximum Gasteiger partial charge on any atom is 0.305 e. The van der Waals surface area contributed by atoms with Crippen molar-refractivity contribution in [2.75, 3.05) is 151 Å². The fraction of sp³-hybridized carbons (Fsp3) is 0.966. The third kappa shape index (κ3) is 41.3. The van der Waals surface area contributed by atoms with Crippen LogP contribution in [0.5, 0.6) is 0 Å². The standard InChI is InChI=1S/C29H57ClO13/c30-6-3-1-2-4-7-33-9-11-35-13-15-37-17-19-39-21-23-41-25-27-43-28-26-42-24-22-40-20-18-38-16-14-36-12-10-34-8-5-29(31)32/h1-28H2,(H,31,32). The normalized spacial score (nSPS) is 11.5. The van der Waals surface area contributed by atoms with E-state index < -0.39 is 5.97 Å². The van der Waals surface area contributed by atoms with Crippen molar-refractivity contribution >= 4 is 17.6 Å². The van der Waals surface area contributed by atoms with E-state index in [0.29, 0.717) is 132 Å². The Morgan fingerprint density at radius 2 is 0.581 bits per heavy atom. The molecule has 0 aliphatic rings. The lowest BCUT2D eigenvalue weighted by Crippen LogP contribution is -2.15. The highest BCUT2D eigenvalue weighted by Crippen LogP contribution is 2.01. The van der Waals surface area contributed by atoms with Gasteiger partial charge in [-0.2, -0.15) is 0 Å². The quantitative estimate of drug-likeness (QED) is 0.0772. The van der Waals surface area contributed by atoms with Crippen LogP contribution in [-0.4, -0.2) is 162 Å². The van der Waals surface area contributed by atoms with Crippen molar-refractivity contribution in [1.82, 2.24) is 0 Å². The maximum absolute atomic E-state index is 10.3. The van der Waals surface area contributed by atoms with E-state index in [1.807, 2.05) is 0 Å². The molecule has 0 atom stereocenters. The van der Waals surface area contributed by atoms with Gasteiger partial charge in [0.15, 0.2) is 0 Å². The summed E-state index contributed by atoms with van der Waals surface area (Å²) in [6.07, 6.45) is 4.48. The summed E-state index contributed by atoms with van der Waals surface area (Å²) in [6, 6.07) is 0. The molecule has 0 bridgehead atoms. The van der Waals surface area contributed by atoms with Crippen molar-refractivity contribution < 1.29 is 62.0 Å². The van der Waals surface area contributed by atoms with Crippen LogP contribution in [-0.2, 0) is 56.9 Å². The summed E-state index contributed by atoms with van der Waals surface area (Å²) in [7, 11) is 0. The van der Waals surface area contributed by atoms with Crippen LogP contribution in [0.1, 0.15) is 32.1 Å². The summed E-state index contributed by atoms with van der Waals surface area (Å²) in [4.78, 5) is 10.3. The molecule has 0 saturated carbocycles. The first-order valence-electron chi connectivity index (χ1n) is 15.4. The third-order valence-corrected chi connectivity index (χ3v) is 5.62. The summed E-state index contributed by atoms with van der Waals surface area (Å²) in [5.74, 6) is -0.133. The van der Waals surface area contributed by atoms with E-state index in [0.717, 1.165) is 31.7 Å². The van der Waals surface area contributed by atoms with Crippen LogP contribution in [0.2, 0.25) is 0 Å². The van der Waals surface area contributed by atoms with Crippen LogP contribution in [0, 0.1) is 0 Å². The number of carboxylic acid groups (broad SMARTS) is 1. The van der Waals surface area contributed by atoms with Crippen molar-refractivity contribution in [2.24, 2.45) is 0 Å². The largest absolute Gasteiger partial charge is 0.481 e. The molecule has 0 aliphatic heterocycles. The average molecular weight is 649 g/mol. The second kappa shape index (κ2) is 39.3. The number of ether oxygens (including phenoxy) is 11. The van der Waals surface area contributed by atoms with Crippen molar-refractivity contribution in [3.63, 3.8) is 0 Å². The maximum atomic E-state index is 10.3. The summed E-state index contributed by atoms with van der Waals surface area (Å²) in [6.45, 7) is 10.9. The van der Waals surface area contributed by atoms with Gasteiger partial charge in [-0.25, -0.2) is 0 Å². The Kier molecular flexibility index (Phi) is 38.7. The molecule has 258 valence electrons. The number of hydrogen-bond acceptors (Lipinski definition) is 12. The number of halogens is 1. The number of aliphatic carboxylic acids is 1. The van der Waals surface area contributed by atoms with Gasteiger partial charge >= 0.3 is 5.97 Å². The van der Waals surface area contributed by atoms with Gasteiger partial charge in [0.05, 0.1) is 145 Å². The molecule has 0 aliphatic carbocycles. The van der Waals surface area contributed by atoms with Crippen molar-refractivity contribution in [3.8, 4) is 0 Å². The molecular weight excluding hydrogens is 592 g/mol. The molecule has 0 heterocycles. The van der Waals surface area contributed by atoms with Gasteiger partial charge < -0.3 is 57.2 Å². The molecule has 0 rings (SSSR count). The molecule has 0 fully saturated rings. The van der Waals surface area contributed by atoms with Gasteiger partial charge in [0.1, 0.15) is 0 Å². The van der Waals surface area contributed by atoms with Crippen molar-refractivity contribution in [3.05, 3.63) is 0 Å². The van der Waals surface area contributed by atoms with E-state index in [-0.39, 0.29) is 13.0 Å². The minimum absolute atomic E-state index is 0.000639. The Balaban J connectivity index is 3.03. The smallest absolute Gasteiger partial charge is 0.305 e. The Bertz CT molecular complexity index is 535. The van der Waals surface area contributed by atoms with Gasteiger partial charge in [-0.15, -0.1) is 11.6 Å². The molecule has 14 heteroatoms. The number of rotatable bonds is 39. The first-order chi connectivity index (χ1) is 21.3. The zero-order valence-corrected chi connectivity index (χ0v) is 26.8. The number of alkyl halides is 1. The Morgan fingerprint density at radius 1 is 0.349 bits per heavy atom. The van der Waals surface area contributed by atoms with Crippen LogP contribution < -0.4 is 0 Å². The predicted molar refractivity (Wildman–Crippen MR) is 160 cm³/mol. The topological polar surface area (TPSA) is 139 Å². The van der Waals surface area contributed by atoms with Crippen LogP contribution in [0.25, 0.3) is 0 Å². The molecule has 0 aromatic carbocycles. The van der Waals surface area contributed by atoms with Crippen LogP contribution in [0.4, 0.5) is 0 Å². The summed E-state index contributed by atoms with van der Waals surface area (Å²) in [5, 5.41) is 8.48. The van der Waals surface area contributed by atoms with E-state index in [2.05, 4.69) is 0 Å². The number of unbranched alkanes of at least 4 members (excludes halogenated alkanes) is 3. The van der Waals surface area contributed by atoms with Crippen LogP contribution in [0.15, 0.2) is 0 Å². The molecule has 0 aromatic heterocycles. The molecule has 0 unspecified atom stereocenters. The highest BCUT2D eigenvalue weighted by molar-refractivity contribution is 6.17. The predicted octanol–water partition coefficient (Wildman–Crippen LogP) is 2.44. The van der Waals surface area contributed by atoms with Gasteiger partial charge in [-0.05, 0) is 12.8 Å². The lowest BCUT2D eigenvalue weighted by Gasteiger charge is -2.09. The molecule has 0 spiro atoms. The zero-order chi connectivity index (χ0) is 31.2. The fourth-order valence-corrected chi connectivity index (χ4v) is 3.30. The van der Waals surface area contributed by atoms with Gasteiger partial charge in [-0.3, -0.25) is 4.79 Å². The minimum atomic E-state index is -0.873. The monoisotopic (exact) mass is 648 g/mol. The number of hydrogen-bond donors (Lipinski definition) is 1. The second-order valence-corrected chi connectivity index (χ2v) is 9.36. The van der Waals surface area contributed by atoms with E-state index in [4.69, 9.17) is 68.8 Å². The lowest BCUT2D eigenvalue weighted by atomic mass is 10.2. The molecule has 1 N–H and O–H groups in total. The van der Waals surface area contributed by atoms with Gasteiger partial charge in [0.2, 0.25) is 0 Å².